The smallest absolute Gasteiger partial charge is 0.282 e. The fourth-order valence-corrected chi connectivity index (χ4v) is 3.34. The van der Waals surface area contributed by atoms with E-state index in [0.717, 1.165) is 4.90 Å². The van der Waals surface area contributed by atoms with E-state index in [0.29, 0.717) is 11.4 Å². The molecule has 29 heavy (non-hydrogen) atoms. The number of anilines is 2. The number of carbonyl (C=O) groups excluding carboxylic acids is 3. The topological polar surface area (TPSA) is 113 Å². The number of likely N-dealkylation sites (N-methyl/N-ethyl adjacent to an activating group) is 1. The van der Waals surface area contributed by atoms with E-state index in [-0.39, 0.29) is 30.1 Å². The first kappa shape index (κ1) is 20.0. The van der Waals surface area contributed by atoms with Crippen LogP contribution in [0.15, 0.2) is 48.5 Å². The number of para-hydroxylation sites is 3. The Bertz CT molecular complexity index is 990. The SMILES string of the molecule is C[C@H]1CC(=O)Nc2ccccc2N1C(=O)CN(C)C(=O)c1ccccc1[N+](=O)[O-]. The van der Waals surface area contributed by atoms with Crippen LogP contribution in [-0.4, -0.2) is 47.2 Å². The maximum absolute atomic E-state index is 13.1. The molecule has 9 nitrogen and oxygen atoms in total. The molecule has 0 aliphatic carbocycles. The van der Waals surface area contributed by atoms with Gasteiger partial charge in [0, 0.05) is 25.6 Å². The van der Waals surface area contributed by atoms with Crippen LogP contribution < -0.4 is 10.2 Å². The van der Waals surface area contributed by atoms with Crippen LogP contribution in [0, 0.1) is 10.1 Å². The zero-order chi connectivity index (χ0) is 21.1. The molecule has 3 rings (SSSR count). The maximum Gasteiger partial charge on any atom is 0.282 e. The average Bonchev–Trinajstić information content (AvgIpc) is 2.81. The Morgan fingerprint density at radius 1 is 1.21 bits per heavy atom. The van der Waals surface area contributed by atoms with Gasteiger partial charge in [0.2, 0.25) is 11.8 Å². The summed E-state index contributed by atoms with van der Waals surface area (Å²) >= 11 is 0. The first-order valence-electron chi connectivity index (χ1n) is 8.99. The number of nitro groups is 1. The van der Waals surface area contributed by atoms with Crippen molar-refractivity contribution in [2.45, 2.75) is 19.4 Å². The van der Waals surface area contributed by atoms with E-state index in [4.69, 9.17) is 0 Å². The molecule has 0 spiro atoms. The predicted molar refractivity (Wildman–Crippen MR) is 107 cm³/mol. The number of amides is 3. The van der Waals surface area contributed by atoms with E-state index in [2.05, 4.69) is 5.32 Å². The van der Waals surface area contributed by atoms with Gasteiger partial charge >= 0.3 is 0 Å². The van der Waals surface area contributed by atoms with Gasteiger partial charge < -0.3 is 15.1 Å². The minimum absolute atomic E-state index is 0.0889. The third kappa shape index (κ3) is 4.08. The van der Waals surface area contributed by atoms with Gasteiger partial charge in [-0.2, -0.15) is 0 Å². The van der Waals surface area contributed by atoms with E-state index in [1.165, 1.54) is 36.2 Å². The van der Waals surface area contributed by atoms with Crippen LogP contribution in [-0.2, 0) is 9.59 Å². The third-order valence-electron chi connectivity index (χ3n) is 4.68. The normalized spacial score (nSPS) is 15.7. The van der Waals surface area contributed by atoms with Crippen molar-refractivity contribution in [1.82, 2.24) is 4.90 Å². The highest BCUT2D eigenvalue weighted by Gasteiger charge is 2.31. The van der Waals surface area contributed by atoms with Crippen LogP contribution in [0.25, 0.3) is 0 Å². The van der Waals surface area contributed by atoms with Crippen molar-refractivity contribution in [3.63, 3.8) is 0 Å². The monoisotopic (exact) mass is 396 g/mol. The number of carbonyl (C=O) groups is 3. The molecule has 1 heterocycles. The number of nitrogens with zero attached hydrogens (tertiary/aromatic N) is 3. The van der Waals surface area contributed by atoms with E-state index < -0.39 is 22.8 Å². The molecule has 0 fully saturated rings. The fourth-order valence-electron chi connectivity index (χ4n) is 3.34. The van der Waals surface area contributed by atoms with Crippen LogP contribution in [0.4, 0.5) is 17.1 Å². The Kier molecular flexibility index (Phi) is 5.58. The summed E-state index contributed by atoms with van der Waals surface area (Å²) in [6.45, 7) is 1.46. The largest absolute Gasteiger partial charge is 0.332 e. The predicted octanol–water partition coefficient (Wildman–Crippen LogP) is 2.43. The molecule has 3 amide bonds. The van der Waals surface area contributed by atoms with E-state index >= 15 is 0 Å². The quantitative estimate of drug-likeness (QED) is 0.630. The van der Waals surface area contributed by atoms with Crippen molar-refractivity contribution in [2.75, 3.05) is 23.8 Å². The number of hydrogen-bond donors (Lipinski definition) is 1. The second-order valence-corrected chi connectivity index (χ2v) is 6.82. The first-order chi connectivity index (χ1) is 13.8. The number of hydrogen-bond acceptors (Lipinski definition) is 5. The highest BCUT2D eigenvalue weighted by atomic mass is 16.6. The molecular weight excluding hydrogens is 376 g/mol. The second kappa shape index (κ2) is 8.09. The molecule has 0 saturated carbocycles. The summed E-state index contributed by atoms with van der Waals surface area (Å²) in [6, 6.07) is 12.1. The average molecular weight is 396 g/mol. The lowest BCUT2D eigenvalue weighted by Gasteiger charge is -2.29. The number of rotatable bonds is 4. The van der Waals surface area contributed by atoms with Crippen molar-refractivity contribution in [1.29, 1.82) is 0 Å². The van der Waals surface area contributed by atoms with E-state index in [1.807, 2.05) is 0 Å². The van der Waals surface area contributed by atoms with Gasteiger partial charge in [-0.25, -0.2) is 0 Å². The van der Waals surface area contributed by atoms with Crippen LogP contribution in [0.5, 0.6) is 0 Å². The summed E-state index contributed by atoms with van der Waals surface area (Å²) in [6.07, 6.45) is 0.113. The lowest BCUT2D eigenvalue weighted by atomic mass is 10.1. The lowest BCUT2D eigenvalue weighted by molar-refractivity contribution is -0.385. The lowest BCUT2D eigenvalue weighted by Crippen LogP contribution is -2.45. The molecule has 0 bridgehead atoms. The molecule has 1 atom stereocenters. The molecule has 1 aliphatic heterocycles. The Hall–Kier alpha value is -3.75. The van der Waals surface area contributed by atoms with Crippen LogP contribution in [0.2, 0.25) is 0 Å². The molecule has 1 N–H and O–H groups in total. The summed E-state index contributed by atoms with van der Waals surface area (Å²) in [5.41, 5.74) is 0.652. The molecule has 0 unspecified atom stereocenters. The Balaban J connectivity index is 1.85. The summed E-state index contributed by atoms with van der Waals surface area (Å²) in [5.74, 6) is -1.23. The fraction of sp³-hybridized carbons (Fsp3) is 0.250. The van der Waals surface area contributed by atoms with Gasteiger partial charge in [0.1, 0.15) is 12.1 Å². The van der Waals surface area contributed by atoms with Gasteiger partial charge in [-0.15, -0.1) is 0 Å². The molecule has 1 aliphatic rings. The van der Waals surface area contributed by atoms with Crippen LogP contribution in [0.1, 0.15) is 23.7 Å². The van der Waals surface area contributed by atoms with Crippen molar-refractivity contribution in [2.24, 2.45) is 0 Å². The van der Waals surface area contributed by atoms with Gasteiger partial charge in [-0.3, -0.25) is 24.5 Å². The van der Waals surface area contributed by atoms with Crippen molar-refractivity contribution < 1.29 is 19.3 Å². The molecule has 0 saturated heterocycles. The van der Waals surface area contributed by atoms with E-state index in [1.54, 1.807) is 31.2 Å². The summed E-state index contributed by atoms with van der Waals surface area (Å²) in [5, 5.41) is 14.0. The molecular formula is C20H20N4O5. The zero-order valence-electron chi connectivity index (χ0n) is 16.0. The number of fused-ring (bicyclic) bond motifs is 1. The Labute approximate surface area is 167 Å². The third-order valence-corrected chi connectivity index (χ3v) is 4.68. The molecule has 2 aromatic carbocycles. The molecule has 0 radical (unpaired) electrons. The van der Waals surface area contributed by atoms with Gasteiger partial charge in [0.25, 0.3) is 11.6 Å². The molecule has 150 valence electrons. The van der Waals surface area contributed by atoms with Crippen LogP contribution >= 0.6 is 0 Å². The molecule has 9 heteroatoms. The first-order valence-corrected chi connectivity index (χ1v) is 8.99. The standard InChI is InChI=1S/C20H20N4O5/c1-13-11-18(25)21-15-8-4-6-10-17(15)23(13)19(26)12-22(2)20(27)14-7-3-5-9-16(14)24(28)29/h3-10,13H,11-12H2,1-2H3,(H,21,25)/t13-/m0/s1. The summed E-state index contributed by atoms with van der Waals surface area (Å²) in [7, 11) is 1.41. The maximum atomic E-state index is 13.1. The van der Waals surface area contributed by atoms with Gasteiger partial charge in [-0.05, 0) is 25.1 Å². The van der Waals surface area contributed by atoms with Gasteiger partial charge in [0.15, 0.2) is 0 Å². The zero-order valence-corrected chi connectivity index (χ0v) is 16.0. The number of nitro benzene ring substituents is 1. The van der Waals surface area contributed by atoms with E-state index in [9.17, 15) is 24.5 Å². The number of nitrogens with one attached hydrogen (secondary N) is 1. The Morgan fingerprint density at radius 2 is 1.86 bits per heavy atom. The van der Waals surface area contributed by atoms with Gasteiger partial charge in [-0.1, -0.05) is 24.3 Å². The summed E-state index contributed by atoms with van der Waals surface area (Å²) in [4.78, 5) is 51.0. The van der Waals surface area contributed by atoms with Gasteiger partial charge in [0.05, 0.1) is 16.3 Å². The van der Waals surface area contributed by atoms with Crippen molar-refractivity contribution in [3.8, 4) is 0 Å². The minimum atomic E-state index is -0.632. The van der Waals surface area contributed by atoms with Crippen molar-refractivity contribution in [3.05, 3.63) is 64.2 Å². The minimum Gasteiger partial charge on any atom is -0.332 e. The highest BCUT2D eigenvalue weighted by molar-refractivity contribution is 6.06. The molecule has 0 aromatic heterocycles. The van der Waals surface area contributed by atoms with Crippen LogP contribution in [0.3, 0.4) is 0 Å². The number of benzene rings is 2. The summed E-state index contributed by atoms with van der Waals surface area (Å²) < 4.78 is 0. The van der Waals surface area contributed by atoms with Crippen molar-refractivity contribution >= 4 is 34.8 Å². The highest BCUT2D eigenvalue weighted by Crippen LogP contribution is 2.31. The Morgan fingerprint density at radius 3 is 2.59 bits per heavy atom. The second-order valence-electron chi connectivity index (χ2n) is 6.82. The molecule has 2 aromatic rings.